The van der Waals surface area contributed by atoms with Crippen molar-refractivity contribution in [1.82, 2.24) is 5.16 Å². The standard InChI is InChI=1S/C21H15FN2O2/c1-13-11-16(22)8-10-18(13)23-21(25)15-7-9-19-17(12-15)20(26-24-19)14-5-3-2-4-6-14/h2-12H,1H3,(H,23,25). The van der Waals surface area contributed by atoms with Gasteiger partial charge in [0.1, 0.15) is 11.3 Å². The lowest BCUT2D eigenvalue weighted by Crippen LogP contribution is -2.12. The van der Waals surface area contributed by atoms with Gasteiger partial charge in [-0.25, -0.2) is 4.39 Å². The minimum absolute atomic E-state index is 0.276. The normalized spacial score (nSPS) is 10.8. The van der Waals surface area contributed by atoms with Crippen LogP contribution in [0.25, 0.3) is 22.2 Å². The van der Waals surface area contributed by atoms with Crippen molar-refractivity contribution in [3.8, 4) is 11.3 Å². The van der Waals surface area contributed by atoms with Gasteiger partial charge in [0, 0.05) is 16.8 Å². The number of aromatic nitrogens is 1. The topological polar surface area (TPSA) is 55.1 Å². The number of fused-ring (bicyclic) bond motifs is 1. The Morgan fingerprint density at radius 1 is 1.04 bits per heavy atom. The van der Waals surface area contributed by atoms with E-state index in [1.807, 2.05) is 30.3 Å². The molecule has 0 fully saturated rings. The van der Waals surface area contributed by atoms with Crippen LogP contribution in [0.2, 0.25) is 0 Å². The third kappa shape index (κ3) is 2.95. The van der Waals surface area contributed by atoms with Crippen molar-refractivity contribution in [3.05, 3.63) is 83.7 Å². The molecule has 0 bridgehead atoms. The number of nitrogens with zero attached hydrogens (tertiary/aromatic N) is 1. The van der Waals surface area contributed by atoms with Gasteiger partial charge in [0.2, 0.25) is 0 Å². The average molecular weight is 346 g/mol. The van der Waals surface area contributed by atoms with Crippen molar-refractivity contribution < 1.29 is 13.7 Å². The van der Waals surface area contributed by atoms with Crippen molar-refractivity contribution in [2.24, 2.45) is 0 Å². The predicted octanol–water partition coefficient (Wildman–Crippen LogP) is 5.19. The Kier molecular flexibility index (Phi) is 3.97. The highest BCUT2D eigenvalue weighted by molar-refractivity contribution is 6.07. The molecule has 1 heterocycles. The molecule has 26 heavy (non-hydrogen) atoms. The van der Waals surface area contributed by atoms with E-state index in [9.17, 15) is 9.18 Å². The van der Waals surface area contributed by atoms with Crippen LogP contribution in [0.5, 0.6) is 0 Å². The second-order valence-electron chi connectivity index (χ2n) is 6.02. The summed E-state index contributed by atoms with van der Waals surface area (Å²) in [6.07, 6.45) is 0. The van der Waals surface area contributed by atoms with Crippen molar-refractivity contribution in [3.63, 3.8) is 0 Å². The highest BCUT2D eigenvalue weighted by Crippen LogP contribution is 2.29. The largest absolute Gasteiger partial charge is 0.355 e. The van der Waals surface area contributed by atoms with E-state index < -0.39 is 0 Å². The highest BCUT2D eigenvalue weighted by Gasteiger charge is 2.14. The lowest BCUT2D eigenvalue weighted by molar-refractivity contribution is 0.102. The first-order valence-corrected chi connectivity index (χ1v) is 8.14. The molecule has 5 heteroatoms. The molecule has 0 saturated heterocycles. The zero-order chi connectivity index (χ0) is 18.1. The maximum absolute atomic E-state index is 13.2. The first kappa shape index (κ1) is 16.0. The zero-order valence-electron chi connectivity index (χ0n) is 14.0. The summed E-state index contributed by atoms with van der Waals surface area (Å²) in [6.45, 7) is 1.75. The predicted molar refractivity (Wildman–Crippen MR) is 98.5 cm³/mol. The Bertz CT molecular complexity index is 1100. The number of nitrogens with one attached hydrogen (secondary N) is 1. The number of anilines is 1. The van der Waals surface area contributed by atoms with Crippen molar-refractivity contribution in [2.75, 3.05) is 5.32 Å². The zero-order valence-corrected chi connectivity index (χ0v) is 14.0. The number of benzene rings is 3. The van der Waals surface area contributed by atoms with Crippen LogP contribution in [0, 0.1) is 12.7 Å². The molecule has 1 N–H and O–H groups in total. The first-order valence-electron chi connectivity index (χ1n) is 8.14. The van der Waals surface area contributed by atoms with Gasteiger partial charge >= 0.3 is 0 Å². The molecule has 4 rings (SSSR count). The van der Waals surface area contributed by atoms with E-state index in [1.54, 1.807) is 31.2 Å². The van der Waals surface area contributed by atoms with E-state index in [0.29, 0.717) is 28.1 Å². The Labute approximate surface area is 149 Å². The van der Waals surface area contributed by atoms with E-state index in [1.165, 1.54) is 12.1 Å². The third-order valence-electron chi connectivity index (χ3n) is 4.21. The molecule has 4 aromatic rings. The van der Waals surface area contributed by atoms with Crippen LogP contribution in [0.4, 0.5) is 10.1 Å². The molecule has 0 saturated carbocycles. The number of aryl methyl sites for hydroxylation is 1. The van der Waals surface area contributed by atoms with Crippen LogP contribution < -0.4 is 5.32 Å². The summed E-state index contributed by atoms with van der Waals surface area (Å²) in [7, 11) is 0. The number of amides is 1. The number of hydrogen-bond acceptors (Lipinski definition) is 3. The number of carbonyl (C=O) groups is 1. The van der Waals surface area contributed by atoms with E-state index in [-0.39, 0.29) is 11.7 Å². The molecular weight excluding hydrogens is 331 g/mol. The number of carbonyl (C=O) groups excluding carboxylic acids is 1. The molecule has 0 unspecified atom stereocenters. The van der Waals surface area contributed by atoms with Crippen LogP contribution in [0.3, 0.4) is 0 Å². The van der Waals surface area contributed by atoms with Crippen LogP contribution in [0.1, 0.15) is 15.9 Å². The second kappa shape index (κ2) is 6.44. The maximum atomic E-state index is 13.2. The van der Waals surface area contributed by atoms with Gasteiger partial charge in [-0.3, -0.25) is 4.79 Å². The molecule has 0 radical (unpaired) electrons. The molecule has 0 aliphatic heterocycles. The summed E-state index contributed by atoms with van der Waals surface area (Å²) < 4.78 is 18.7. The first-order chi connectivity index (χ1) is 12.6. The quantitative estimate of drug-likeness (QED) is 0.555. The Morgan fingerprint density at radius 2 is 1.85 bits per heavy atom. The molecule has 4 nitrogen and oxygen atoms in total. The van der Waals surface area contributed by atoms with Crippen molar-refractivity contribution in [1.29, 1.82) is 0 Å². The van der Waals surface area contributed by atoms with Crippen LogP contribution >= 0.6 is 0 Å². The van der Waals surface area contributed by atoms with Gasteiger partial charge in [0.05, 0.1) is 5.39 Å². The van der Waals surface area contributed by atoms with Gasteiger partial charge in [-0.2, -0.15) is 0 Å². The lowest BCUT2D eigenvalue weighted by atomic mass is 10.1. The van der Waals surface area contributed by atoms with E-state index >= 15 is 0 Å². The maximum Gasteiger partial charge on any atom is 0.255 e. The fraction of sp³-hybridized carbons (Fsp3) is 0.0476. The molecule has 0 aliphatic rings. The number of halogens is 1. The van der Waals surface area contributed by atoms with Gasteiger partial charge < -0.3 is 9.84 Å². The minimum atomic E-state index is -0.334. The number of rotatable bonds is 3. The van der Waals surface area contributed by atoms with Gasteiger partial charge in [0.25, 0.3) is 5.91 Å². The summed E-state index contributed by atoms with van der Waals surface area (Å²) in [5.74, 6) is 0.00826. The minimum Gasteiger partial charge on any atom is -0.355 e. The van der Waals surface area contributed by atoms with Gasteiger partial charge in [-0.1, -0.05) is 35.5 Å². The second-order valence-corrected chi connectivity index (χ2v) is 6.02. The molecular formula is C21H15FN2O2. The fourth-order valence-corrected chi connectivity index (χ4v) is 2.84. The number of hydrogen-bond donors (Lipinski definition) is 1. The molecule has 0 atom stereocenters. The molecule has 0 spiro atoms. The fourth-order valence-electron chi connectivity index (χ4n) is 2.84. The smallest absolute Gasteiger partial charge is 0.255 e. The monoisotopic (exact) mass is 346 g/mol. The molecule has 1 aromatic heterocycles. The molecule has 1 amide bonds. The summed E-state index contributed by atoms with van der Waals surface area (Å²) in [4.78, 5) is 12.6. The van der Waals surface area contributed by atoms with Crippen LogP contribution in [0.15, 0.2) is 71.3 Å². The average Bonchev–Trinajstić information content (AvgIpc) is 3.08. The van der Waals surface area contributed by atoms with Crippen LogP contribution in [-0.2, 0) is 0 Å². The Morgan fingerprint density at radius 3 is 2.62 bits per heavy atom. The molecule has 128 valence electrons. The van der Waals surface area contributed by atoms with Gasteiger partial charge in [-0.15, -0.1) is 0 Å². The van der Waals surface area contributed by atoms with Crippen LogP contribution in [-0.4, -0.2) is 11.1 Å². The van der Waals surface area contributed by atoms with Gasteiger partial charge in [-0.05, 0) is 48.9 Å². The third-order valence-corrected chi connectivity index (χ3v) is 4.21. The van der Waals surface area contributed by atoms with E-state index in [0.717, 1.165) is 10.9 Å². The van der Waals surface area contributed by atoms with Gasteiger partial charge in [0.15, 0.2) is 5.76 Å². The summed E-state index contributed by atoms with van der Waals surface area (Å²) in [5.41, 5.74) is 3.28. The Hall–Kier alpha value is -3.47. The molecule has 0 aliphatic carbocycles. The van der Waals surface area contributed by atoms with Crippen molar-refractivity contribution in [2.45, 2.75) is 6.92 Å². The van der Waals surface area contributed by atoms with E-state index in [4.69, 9.17) is 4.52 Å². The lowest BCUT2D eigenvalue weighted by Gasteiger charge is -2.08. The van der Waals surface area contributed by atoms with E-state index in [2.05, 4.69) is 10.5 Å². The SMILES string of the molecule is Cc1cc(F)ccc1NC(=O)c1ccc2noc(-c3ccccc3)c2c1. The summed E-state index contributed by atoms with van der Waals surface area (Å²) in [5, 5.41) is 7.63. The molecule has 3 aromatic carbocycles. The van der Waals surface area contributed by atoms with Crippen molar-refractivity contribution >= 4 is 22.5 Å². The highest BCUT2D eigenvalue weighted by atomic mass is 19.1. The Balaban J connectivity index is 1.69. The summed E-state index contributed by atoms with van der Waals surface area (Å²) >= 11 is 0. The summed E-state index contributed by atoms with van der Waals surface area (Å²) in [6, 6.07) is 19.0.